The van der Waals surface area contributed by atoms with Gasteiger partial charge in [-0.1, -0.05) is 60.7 Å². The van der Waals surface area contributed by atoms with Crippen molar-refractivity contribution in [1.29, 1.82) is 0 Å². The molecule has 0 saturated heterocycles. The first-order valence-corrected chi connectivity index (χ1v) is 10.2. The highest BCUT2D eigenvalue weighted by molar-refractivity contribution is 7.10. The van der Waals surface area contributed by atoms with Crippen LogP contribution in [0.15, 0.2) is 78.3 Å². The normalized spacial score (nSPS) is 12.2. The molecule has 2 aromatic heterocycles. The lowest BCUT2D eigenvalue weighted by Gasteiger charge is -2.14. The number of nitrogens with zero attached hydrogens (tertiary/aromatic N) is 1. The van der Waals surface area contributed by atoms with Gasteiger partial charge in [0, 0.05) is 30.6 Å². The molecule has 4 rings (SSSR count). The summed E-state index contributed by atoms with van der Waals surface area (Å²) in [6.45, 7) is 1.49. The number of hydrogen-bond acceptors (Lipinski definition) is 4. The highest BCUT2D eigenvalue weighted by atomic mass is 32.1. The SMILES string of the molecule is CO[C@@H](CNCc1cn[nH]c1-c1ccc(-c2ccccc2)cc1)c1cccs1. The Morgan fingerprint density at radius 3 is 2.43 bits per heavy atom. The lowest BCUT2D eigenvalue weighted by atomic mass is 10.0. The second-order valence-electron chi connectivity index (χ2n) is 6.58. The van der Waals surface area contributed by atoms with Gasteiger partial charge in [0.2, 0.25) is 0 Å². The zero-order valence-corrected chi connectivity index (χ0v) is 16.6. The molecule has 2 aromatic carbocycles. The fourth-order valence-corrected chi connectivity index (χ4v) is 4.07. The van der Waals surface area contributed by atoms with Gasteiger partial charge in [0.05, 0.1) is 11.9 Å². The molecule has 1 atom stereocenters. The molecule has 5 heteroatoms. The number of aromatic nitrogens is 2. The molecule has 0 fully saturated rings. The van der Waals surface area contributed by atoms with Crippen molar-refractivity contribution in [2.45, 2.75) is 12.6 Å². The minimum absolute atomic E-state index is 0.0699. The van der Waals surface area contributed by atoms with Crippen molar-refractivity contribution in [3.63, 3.8) is 0 Å². The lowest BCUT2D eigenvalue weighted by Crippen LogP contribution is -2.21. The molecule has 4 aromatic rings. The monoisotopic (exact) mass is 389 g/mol. The van der Waals surface area contributed by atoms with Gasteiger partial charge in [0.1, 0.15) is 6.10 Å². The minimum atomic E-state index is 0.0699. The van der Waals surface area contributed by atoms with E-state index in [9.17, 15) is 0 Å². The summed E-state index contributed by atoms with van der Waals surface area (Å²) in [5, 5.41) is 13.0. The molecule has 28 heavy (non-hydrogen) atoms. The first-order valence-electron chi connectivity index (χ1n) is 9.30. The maximum atomic E-state index is 5.61. The molecule has 142 valence electrons. The zero-order chi connectivity index (χ0) is 19.2. The smallest absolute Gasteiger partial charge is 0.104 e. The van der Waals surface area contributed by atoms with Gasteiger partial charge in [-0.15, -0.1) is 11.3 Å². The van der Waals surface area contributed by atoms with Crippen LogP contribution in [0.1, 0.15) is 16.5 Å². The molecule has 0 unspecified atom stereocenters. The van der Waals surface area contributed by atoms with Crippen LogP contribution < -0.4 is 5.32 Å². The molecule has 4 nitrogen and oxygen atoms in total. The van der Waals surface area contributed by atoms with Crippen LogP contribution in [0.25, 0.3) is 22.4 Å². The Morgan fingerprint density at radius 1 is 0.964 bits per heavy atom. The Labute approximate surface area is 169 Å². The van der Waals surface area contributed by atoms with E-state index in [-0.39, 0.29) is 6.10 Å². The summed E-state index contributed by atoms with van der Waals surface area (Å²) >= 11 is 1.72. The molecule has 0 amide bonds. The van der Waals surface area contributed by atoms with E-state index in [1.165, 1.54) is 16.0 Å². The molecule has 0 spiro atoms. The first kappa shape index (κ1) is 18.6. The molecule has 0 aliphatic rings. The number of thiophene rings is 1. The Hall–Kier alpha value is -2.73. The highest BCUT2D eigenvalue weighted by Crippen LogP contribution is 2.26. The lowest BCUT2D eigenvalue weighted by molar-refractivity contribution is 0.105. The third-order valence-corrected chi connectivity index (χ3v) is 5.75. The molecule has 2 N–H and O–H groups in total. The van der Waals surface area contributed by atoms with Gasteiger partial charge >= 0.3 is 0 Å². The number of H-pyrrole nitrogens is 1. The quantitative estimate of drug-likeness (QED) is 0.431. The van der Waals surface area contributed by atoms with Gasteiger partial charge in [0.25, 0.3) is 0 Å². The van der Waals surface area contributed by atoms with Crippen LogP contribution in [-0.4, -0.2) is 23.9 Å². The van der Waals surface area contributed by atoms with Crippen molar-refractivity contribution in [3.05, 3.63) is 88.7 Å². The number of nitrogens with one attached hydrogen (secondary N) is 2. The predicted molar refractivity (Wildman–Crippen MR) is 115 cm³/mol. The highest BCUT2D eigenvalue weighted by Gasteiger charge is 2.13. The van der Waals surface area contributed by atoms with E-state index in [1.807, 2.05) is 12.3 Å². The Kier molecular flexibility index (Phi) is 5.97. The molecular formula is C23H23N3OS. The van der Waals surface area contributed by atoms with Crippen LogP contribution in [0.2, 0.25) is 0 Å². The van der Waals surface area contributed by atoms with E-state index in [0.29, 0.717) is 0 Å². The maximum absolute atomic E-state index is 5.61. The summed E-state index contributed by atoms with van der Waals surface area (Å²) in [5.41, 5.74) is 5.77. The molecule has 0 saturated carbocycles. The number of ether oxygens (including phenoxy) is 1. The summed E-state index contributed by atoms with van der Waals surface area (Å²) in [5.74, 6) is 0. The van der Waals surface area contributed by atoms with Gasteiger partial charge in [-0.25, -0.2) is 0 Å². The van der Waals surface area contributed by atoms with Crippen LogP contribution in [0.5, 0.6) is 0 Å². The average molecular weight is 390 g/mol. The summed E-state index contributed by atoms with van der Waals surface area (Å²) in [7, 11) is 1.75. The summed E-state index contributed by atoms with van der Waals surface area (Å²) in [6.07, 6.45) is 1.96. The largest absolute Gasteiger partial charge is 0.375 e. The number of methoxy groups -OCH3 is 1. The average Bonchev–Trinajstić information content (AvgIpc) is 3.44. The number of benzene rings is 2. The Morgan fingerprint density at radius 2 is 1.71 bits per heavy atom. The van der Waals surface area contributed by atoms with Gasteiger partial charge in [-0.2, -0.15) is 5.10 Å². The van der Waals surface area contributed by atoms with E-state index in [1.54, 1.807) is 18.4 Å². The van der Waals surface area contributed by atoms with E-state index in [2.05, 4.69) is 81.6 Å². The van der Waals surface area contributed by atoms with Crippen LogP contribution >= 0.6 is 11.3 Å². The van der Waals surface area contributed by atoms with Crippen LogP contribution in [0, 0.1) is 0 Å². The number of aromatic amines is 1. The van der Waals surface area contributed by atoms with Gasteiger partial charge in [-0.3, -0.25) is 5.10 Å². The second-order valence-corrected chi connectivity index (χ2v) is 7.56. The molecular weight excluding hydrogens is 366 g/mol. The first-order chi connectivity index (χ1) is 13.8. The van der Waals surface area contributed by atoms with Crippen molar-refractivity contribution in [1.82, 2.24) is 15.5 Å². The molecule has 2 heterocycles. The Balaban J connectivity index is 1.42. The third kappa shape index (κ3) is 4.22. The standard InChI is InChI=1S/C23H23N3OS/c1-27-21(22-8-5-13-28-22)16-24-14-20-15-25-26-23(20)19-11-9-18(10-12-19)17-6-3-2-4-7-17/h2-13,15,21,24H,14,16H2,1H3,(H,25,26)/t21-/m0/s1. The number of rotatable bonds is 8. The third-order valence-electron chi connectivity index (χ3n) is 4.79. The topological polar surface area (TPSA) is 49.9 Å². The number of hydrogen-bond donors (Lipinski definition) is 2. The summed E-state index contributed by atoms with van der Waals surface area (Å²) in [4.78, 5) is 1.24. The fourth-order valence-electron chi connectivity index (χ4n) is 3.27. The van der Waals surface area contributed by atoms with Crippen LogP contribution in [0.4, 0.5) is 0 Å². The second kappa shape index (κ2) is 8.97. The van der Waals surface area contributed by atoms with Gasteiger partial charge in [-0.05, 0) is 28.1 Å². The van der Waals surface area contributed by atoms with Crippen LogP contribution in [0.3, 0.4) is 0 Å². The summed E-state index contributed by atoms with van der Waals surface area (Å²) < 4.78 is 5.61. The minimum Gasteiger partial charge on any atom is -0.375 e. The summed E-state index contributed by atoms with van der Waals surface area (Å²) in [6, 6.07) is 23.2. The molecule has 0 bridgehead atoms. The van der Waals surface area contributed by atoms with Crippen molar-refractivity contribution < 1.29 is 4.74 Å². The van der Waals surface area contributed by atoms with Crippen molar-refractivity contribution >= 4 is 11.3 Å². The molecule has 0 aliphatic carbocycles. The van der Waals surface area contributed by atoms with Crippen molar-refractivity contribution in [2.24, 2.45) is 0 Å². The predicted octanol–water partition coefficient (Wildman–Crippen LogP) is 5.28. The zero-order valence-electron chi connectivity index (χ0n) is 15.8. The molecule has 0 radical (unpaired) electrons. The van der Waals surface area contributed by atoms with Crippen molar-refractivity contribution in [2.75, 3.05) is 13.7 Å². The molecule has 0 aliphatic heterocycles. The van der Waals surface area contributed by atoms with E-state index < -0.39 is 0 Å². The fraction of sp³-hybridized carbons (Fsp3) is 0.174. The van der Waals surface area contributed by atoms with E-state index >= 15 is 0 Å². The van der Waals surface area contributed by atoms with Crippen molar-refractivity contribution in [3.8, 4) is 22.4 Å². The van der Waals surface area contributed by atoms with Gasteiger partial charge < -0.3 is 10.1 Å². The van der Waals surface area contributed by atoms with E-state index in [4.69, 9.17) is 4.74 Å². The van der Waals surface area contributed by atoms with Crippen LogP contribution in [-0.2, 0) is 11.3 Å². The maximum Gasteiger partial charge on any atom is 0.104 e. The van der Waals surface area contributed by atoms with E-state index in [0.717, 1.165) is 29.9 Å². The Bertz CT molecular complexity index is 978. The van der Waals surface area contributed by atoms with Gasteiger partial charge in [0.15, 0.2) is 0 Å².